The largest absolute Gasteiger partial charge is 0.493 e. The molecule has 0 radical (unpaired) electrons. The van der Waals surface area contributed by atoms with Gasteiger partial charge in [-0.05, 0) is 29.3 Å². The summed E-state index contributed by atoms with van der Waals surface area (Å²) in [5, 5.41) is 4.39. The van der Waals surface area contributed by atoms with Crippen molar-refractivity contribution in [3.63, 3.8) is 0 Å². The fourth-order valence-corrected chi connectivity index (χ4v) is 2.33. The average molecular weight is 244 g/mol. The molecule has 0 saturated carbocycles. The van der Waals surface area contributed by atoms with Crippen LogP contribution in [0.25, 0.3) is 0 Å². The zero-order valence-electron chi connectivity index (χ0n) is 10.3. The predicted octanol–water partition coefficient (Wildman–Crippen LogP) is 0.908. The Bertz CT molecular complexity index is 564. The molecule has 2 aromatic rings. The molecule has 0 bridgehead atoms. The summed E-state index contributed by atoms with van der Waals surface area (Å²) in [6.45, 7) is 0.767. The zero-order chi connectivity index (χ0) is 12.5. The van der Waals surface area contributed by atoms with E-state index in [2.05, 4.69) is 16.6 Å². The molecule has 94 valence electrons. The molecule has 0 fully saturated rings. The van der Waals surface area contributed by atoms with Gasteiger partial charge in [0.15, 0.2) is 0 Å². The minimum absolute atomic E-state index is 0.0860. The van der Waals surface area contributed by atoms with Gasteiger partial charge in [0.1, 0.15) is 5.75 Å². The molecular formula is C13H16N4O. The number of fused-ring (bicyclic) bond motifs is 1. The molecule has 0 aliphatic carbocycles. The number of ether oxygens (including phenoxy) is 1. The van der Waals surface area contributed by atoms with Crippen molar-refractivity contribution in [3.8, 4) is 5.75 Å². The standard InChI is InChI=1S/C13H16N4O/c1-17-6-4-11(16-17)13(15-14)10-2-3-12-9(8-10)5-7-18-12/h2-4,6,8,13,15H,5,7,14H2,1H3. The number of rotatable bonds is 3. The van der Waals surface area contributed by atoms with E-state index in [1.807, 2.05) is 31.4 Å². The van der Waals surface area contributed by atoms with Gasteiger partial charge in [-0.1, -0.05) is 6.07 Å². The van der Waals surface area contributed by atoms with E-state index in [1.165, 1.54) is 5.56 Å². The molecule has 1 aromatic carbocycles. The van der Waals surface area contributed by atoms with Crippen molar-refractivity contribution >= 4 is 0 Å². The van der Waals surface area contributed by atoms with Gasteiger partial charge in [-0.3, -0.25) is 10.5 Å². The van der Waals surface area contributed by atoms with E-state index in [4.69, 9.17) is 10.6 Å². The lowest BCUT2D eigenvalue weighted by Gasteiger charge is -2.14. The first-order valence-electron chi connectivity index (χ1n) is 5.99. The molecule has 0 saturated heterocycles. The molecule has 1 aromatic heterocycles. The number of hydrogen-bond acceptors (Lipinski definition) is 4. The molecule has 1 aliphatic heterocycles. The number of aromatic nitrogens is 2. The van der Waals surface area contributed by atoms with Crippen LogP contribution in [0.1, 0.15) is 22.9 Å². The van der Waals surface area contributed by atoms with Crippen LogP contribution in [0.5, 0.6) is 5.75 Å². The van der Waals surface area contributed by atoms with Crippen LogP contribution in [0.15, 0.2) is 30.5 Å². The number of nitrogens with one attached hydrogen (secondary N) is 1. The summed E-state index contributed by atoms with van der Waals surface area (Å²) in [5.41, 5.74) is 6.09. The van der Waals surface area contributed by atoms with E-state index >= 15 is 0 Å². The van der Waals surface area contributed by atoms with Gasteiger partial charge in [0.25, 0.3) is 0 Å². The Kier molecular flexibility index (Phi) is 2.77. The van der Waals surface area contributed by atoms with Crippen molar-refractivity contribution in [2.24, 2.45) is 12.9 Å². The van der Waals surface area contributed by atoms with Gasteiger partial charge < -0.3 is 4.74 Å². The van der Waals surface area contributed by atoms with Crippen LogP contribution in [0.4, 0.5) is 0 Å². The highest BCUT2D eigenvalue weighted by Crippen LogP contribution is 2.29. The first kappa shape index (κ1) is 11.3. The van der Waals surface area contributed by atoms with E-state index in [0.29, 0.717) is 0 Å². The minimum atomic E-state index is -0.0860. The van der Waals surface area contributed by atoms with Crippen LogP contribution in [-0.4, -0.2) is 16.4 Å². The summed E-state index contributed by atoms with van der Waals surface area (Å²) in [4.78, 5) is 0. The number of nitrogens with zero attached hydrogens (tertiary/aromatic N) is 2. The van der Waals surface area contributed by atoms with Gasteiger partial charge in [-0.25, -0.2) is 5.43 Å². The van der Waals surface area contributed by atoms with Crippen molar-refractivity contribution in [1.29, 1.82) is 0 Å². The van der Waals surface area contributed by atoms with Crippen molar-refractivity contribution in [3.05, 3.63) is 47.3 Å². The second kappa shape index (κ2) is 4.44. The maximum atomic E-state index is 5.66. The predicted molar refractivity (Wildman–Crippen MR) is 68.0 cm³/mol. The van der Waals surface area contributed by atoms with Crippen LogP contribution in [0, 0.1) is 0 Å². The molecule has 1 atom stereocenters. The lowest BCUT2D eigenvalue weighted by molar-refractivity contribution is 0.357. The second-order valence-electron chi connectivity index (χ2n) is 4.48. The normalized spacial score (nSPS) is 15.2. The Morgan fingerprint density at radius 1 is 1.44 bits per heavy atom. The third-order valence-corrected chi connectivity index (χ3v) is 3.24. The average Bonchev–Trinajstić information content (AvgIpc) is 2.99. The highest BCUT2D eigenvalue weighted by atomic mass is 16.5. The number of hydrogen-bond donors (Lipinski definition) is 2. The molecule has 5 nitrogen and oxygen atoms in total. The van der Waals surface area contributed by atoms with Crippen molar-refractivity contribution in [1.82, 2.24) is 15.2 Å². The zero-order valence-corrected chi connectivity index (χ0v) is 10.3. The number of nitrogens with two attached hydrogens (primary N) is 1. The Labute approximate surface area is 106 Å². The maximum absolute atomic E-state index is 5.66. The minimum Gasteiger partial charge on any atom is -0.493 e. The molecule has 5 heteroatoms. The van der Waals surface area contributed by atoms with Crippen LogP contribution >= 0.6 is 0 Å². The van der Waals surface area contributed by atoms with Crippen LogP contribution in [0.2, 0.25) is 0 Å². The molecule has 18 heavy (non-hydrogen) atoms. The van der Waals surface area contributed by atoms with Gasteiger partial charge in [-0.2, -0.15) is 5.10 Å². The fourth-order valence-electron chi connectivity index (χ4n) is 2.33. The highest BCUT2D eigenvalue weighted by Gasteiger charge is 2.19. The van der Waals surface area contributed by atoms with Crippen LogP contribution in [-0.2, 0) is 13.5 Å². The SMILES string of the molecule is Cn1ccc(C(NN)c2ccc3c(c2)CCO3)n1. The third kappa shape index (κ3) is 1.87. The second-order valence-corrected chi connectivity index (χ2v) is 4.48. The summed E-state index contributed by atoms with van der Waals surface area (Å²) in [5.74, 6) is 6.64. The Balaban J connectivity index is 1.96. The van der Waals surface area contributed by atoms with Crippen molar-refractivity contribution < 1.29 is 4.74 Å². The lowest BCUT2D eigenvalue weighted by atomic mass is 10.0. The molecule has 3 rings (SSSR count). The first-order valence-corrected chi connectivity index (χ1v) is 5.99. The van der Waals surface area contributed by atoms with E-state index in [1.54, 1.807) is 4.68 Å². The molecule has 0 spiro atoms. The van der Waals surface area contributed by atoms with Crippen molar-refractivity contribution in [2.75, 3.05) is 6.61 Å². The van der Waals surface area contributed by atoms with E-state index < -0.39 is 0 Å². The topological polar surface area (TPSA) is 65.1 Å². The molecule has 1 aliphatic rings. The number of benzene rings is 1. The Morgan fingerprint density at radius 3 is 3.06 bits per heavy atom. The lowest BCUT2D eigenvalue weighted by Crippen LogP contribution is -2.29. The molecule has 1 unspecified atom stereocenters. The monoisotopic (exact) mass is 244 g/mol. The summed E-state index contributed by atoms with van der Waals surface area (Å²) in [7, 11) is 1.90. The third-order valence-electron chi connectivity index (χ3n) is 3.24. The van der Waals surface area contributed by atoms with Gasteiger partial charge in [0.2, 0.25) is 0 Å². The molecular weight excluding hydrogens is 228 g/mol. The molecule has 3 N–H and O–H groups in total. The molecule has 2 heterocycles. The van der Waals surface area contributed by atoms with E-state index in [9.17, 15) is 0 Å². The Morgan fingerprint density at radius 2 is 2.33 bits per heavy atom. The van der Waals surface area contributed by atoms with Gasteiger partial charge >= 0.3 is 0 Å². The maximum Gasteiger partial charge on any atom is 0.122 e. The quantitative estimate of drug-likeness (QED) is 0.622. The molecule has 0 amide bonds. The van der Waals surface area contributed by atoms with E-state index in [0.717, 1.165) is 30.0 Å². The highest BCUT2D eigenvalue weighted by molar-refractivity contribution is 5.42. The summed E-state index contributed by atoms with van der Waals surface area (Å²) in [6, 6.07) is 8.06. The summed E-state index contributed by atoms with van der Waals surface area (Å²) < 4.78 is 7.28. The van der Waals surface area contributed by atoms with Gasteiger partial charge in [-0.15, -0.1) is 0 Å². The van der Waals surface area contributed by atoms with Crippen LogP contribution in [0.3, 0.4) is 0 Å². The first-order chi connectivity index (χ1) is 8.78. The van der Waals surface area contributed by atoms with E-state index in [-0.39, 0.29) is 6.04 Å². The smallest absolute Gasteiger partial charge is 0.122 e. The summed E-state index contributed by atoms with van der Waals surface area (Å²) in [6.07, 6.45) is 2.87. The van der Waals surface area contributed by atoms with Gasteiger partial charge in [0, 0.05) is 19.7 Å². The summed E-state index contributed by atoms with van der Waals surface area (Å²) >= 11 is 0. The van der Waals surface area contributed by atoms with Gasteiger partial charge in [0.05, 0.1) is 18.3 Å². The van der Waals surface area contributed by atoms with Crippen LogP contribution < -0.4 is 16.0 Å². The Hall–Kier alpha value is -1.85. The van der Waals surface area contributed by atoms with Crippen molar-refractivity contribution in [2.45, 2.75) is 12.5 Å². The number of aryl methyl sites for hydroxylation is 1. The number of hydrazine groups is 1. The fraction of sp³-hybridized carbons (Fsp3) is 0.308.